The highest BCUT2D eigenvalue weighted by molar-refractivity contribution is 5.92. The zero-order valence-electron chi connectivity index (χ0n) is 15.7. The number of fused-ring (bicyclic) bond motifs is 1. The first kappa shape index (κ1) is 19.9. The van der Waals surface area contributed by atoms with Gasteiger partial charge in [0.15, 0.2) is 6.10 Å². The minimum Gasteiger partial charge on any atom is -0.463 e. The Balaban J connectivity index is 1.90. The Bertz CT molecular complexity index is 776. The Labute approximate surface area is 161 Å². The van der Waals surface area contributed by atoms with Gasteiger partial charge in [0, 0.05) is 38.7 Å². The van der Waals surface area contributed by atoms with E-state index in [0.717, 1.165) is 0 Å². The molecule has 3 aliphatic rings. The molecule has 2 heterocycles. The molecule has 1 saturated carbocycles. The first-order valence-corrected chi connectivity index (χ1v) is 8.77. The number of hydrogen-bond donors (Lipinski definition) is 1. The van der Waals surface area contributed by atoms with Gasteiger partial charge in [-0.2, -0.15) is 0 Å². The SMILES string of the molecule is CC(=O)OCC1O[C@H]2C(N3C=CCC(C(N)=O)=C3)[C@@]2(OC(C)=O)[C@@H]1OC(C)=O. The number of rotatable bonds is 6. The lowest BCUT2D eigenvalue weighted by atomic mass is 10.1. The standard InChI is InChI=1S/C18H22N2O8/c1-9(21)25-8-13-15(26-10(2)22)18(28-11(3)23)14(16(18)27-13)20-6-4-5-12(7-20)17(19)24/h4,6-7,13-16H,5,8H2,1-3H3,(H2,19,24)/t13?,14?,15-,16+,18-/m1/s1. The third-order valence-electron chi connectivity index (χ3n) is 4.81. The highest BCUT2D eigenvalue weighted by Gasteiger charge is 2.83. The lowest BCUT2D eigenvalue weighted by Gasteiger charge is -2.31. The molecule has 10 nitrogen and oxygen atoms in total. The summed E-state index contributed by atoms with van der Waals surface area (Å²) in [6.45, 7) is 3.55. The Morgan fingerprint density at radius 2 is 1.93 bits per heavy atom. The van der Waals surface area contributed by atoms with Gasteiger partial charge in [-0.15, -0.1) is 0 Å². The van der Waals surface area contributed by atoms with Crippen molar-refractivity contribution in [2.24, 2.45) is 5.73 Å². The van der Waals surface area contributed by atoms with E-state index >= 15 is 0 Å². The van der Waals surface area contributed by atoms with Crippen molar-refractivity contribution in [3.63, 3.8) is 0 Å². The Morgan fingerprint density at radius 3 is 2.50 bits per heavy atom. The number of esters is 3. The molecule has 2 aliphatic heterocycles. The van der Waals surface area contributed by atoms with Crippen LogP contribution in [0.1, 0.15) is 27.2 Å². The second-order valence-corrected chi connectivity index (χ2v) is 6.87. The summed E-state index contributed by atoms with van der Waals surface area (Å²) >= 11 is 0. The largest absolute Gasteiger partial charge is 0.463 e. The van der Waals surface area contributed by atoms with Gasteiger partial charge in [-0.1, -0.05) is 6.08 Å². The number of amides is 1. The van der Waals surface area contributed by atoms with E-state index in [1.165, 1.54) is 20.8 Å². The number of nitrogens with zero attached hydrogens (tertiary/aromatic N) is 1. The maximum atomic E-state index is 11.8. The van der Waals surface area contributed by atoms with Crippen molar-refractivity contribution in [1.82, 2.24) is 4.90 Å². The molecule has 2 unspecified atom stereocenters. The zero-order valence-corrected chi connectivity index (χ0v) is 15.7. The van der Waals surface area contributed by atoms with Crippen LogP contribution in [0.25, 0.3) is 0 Å². The number of carbonyl (C=O) groups is 4. The van der Waals surface area contributed by atoms with Crippen LogP contribution >= 0.6 is 0 Å². The molecule has 0 aromatic carbocycles. The first-order chi connectivity index (χ1) is 13.2. The summed E-state index contributed by atoms with van der Waals surface area (Å²) in [6, 6.07) is -0.528. The van der Waals surface area contributed by atoms with Crippen LogP contribution in [-0.4, -0.2) is 65.3 Å². The second kappa shape index (κ2) is 7.27. The molecule has 0 aromatic heterocycles. The zero-order chi connectivity index (χ0) is 20.6. The summed E-state index contributed by atoms with van der Waals surface area (Å²) in [5.41, 5.74) is 4.45. The fourth-order valence-electron chi connectivity index (χ4n) is 3.80. The Morgan fingerprint density at radius 1 is 1.21 bits per heavy atom. The summed E-state index contributed by atoms with van der Waals surface area (Å²) in [5, 5.41) is 0. The molecule has 3 rings (SSSR count). The number of carbonyl (C=O) groups excluding carboxylic acids is 4. The summed E-state index contributed by atoms with van der Waals surface area (Å²) in [4.78, 5) is 47.8. The number of ether oxygens (including phenoxy) is 4. The Kier molecular flexibility index (Phi) is 5.16. The van der Waals surface area contributed by atoms with Gasteiger partial charge < -0.3 is 29.6 Å². The predicted molar refractivity (Wildman–Crippen MR) is 92.0 cm³/mol. The third kappa shape index (κ3) is 3.47. The molecule has 5 atom stereocenters. The average Bonchev–Trinajstić information content (AvgIpc) is 3.12. The number of hydrogen-bond acceptors (Lipinski definition) is 9. The van der Waals surface area contributed by atoms with Gasteiger partial charge >= 0.3 is 17.9 Å². The topological polar surface area (TPSA) is 134 Å². The van der Waals surface area contributed by atoms with Crippen LogP contribution in [0, 0.1) is 0 Å². The molecule has 28 heavy (non-hydrogen) atoms. The maximum Gasteiger partial charge on any atom is 0.303 e. The molecule has 2 N–H and O–H groups in total. The van der Waals surface area contributed by atoms with Crippen LogP contribution in [0.5, 0.6) is 0 Å². The lowest BCUT2D eigenvalue weighted by Crippen LogP contribution is -2.48. The van der Waals surface area contributed by atoms with Crippen LogP contribution in [0.3, 0.4) is 0 Å². The molecular formula is C18H22N2O8. The number of nitrogens with two attached hydrogens (primary N) is 1. The van der Waals surface area contributed by atoms with Crippen LogP contribution < -0.4 is 5.73 Å². The summed E-state index contributed by atoms with van der Waals surface area (Å²) in [6.07, 6.45) is 2.99. The molecule has 152 valence electrons. The van der Waals surface area contributed by atoms with Gasteiger partial charge in [-0.05, 0) is 6.42 Å². The monoisotopic (exact) mass is 394 g/mol. The molecular weight excluding hydrogens is 372 g/mol. The number of primary amides is 1. The van der Waals surface area contributed by atoms with Crippen LogP contribution in [0.2, 0.25) is 0 Å². The Hall–Kier alpha value is -2.88. The van der Waals surface area contributed by atoms with Crippen molar-refractivity contribution in [1.29, 1.82) is 0 Å². The van der Waals surface area contributed by atoms with Gasteiger partial charge in [0.2, 0.25) is 11.5 Å². The van der Waals surface area contributed by atoms with Crippen LogP contribution in [-0.2, 0) is 38.1 Å². The second-order valence-electron chi connectivity index (χ2n) is 6.87. The van der Waals surface area contributed by atoms with E-state index in [4.69, 9.17) is 24.7 Å². The molecule has 0 spiro atoms. The molecule has 0 radical (unpaired) electrons. The van der Waals surface area contributed by atoms with E-state index < -0.39 is 53.8 Å². The van der Waals surface area contributed by atoms with E-state index in [-0.39, 0.29) is 6.61 Å². The smallest absolute Gasteiger partial charge is 0.303 e. The van der Waals surface area contributed by atoms with Crippen molar-refractivity contribution in [3.8, 4) is 0 Å². The van der Waals surface area contributed by atoms with Gasteiger partial charge in [0.25, 0.3) is 0 Å². The first-order valence-electron chi connectivity index (χ1n) is 8.77. The van der Waals surface area contributed by atoms with Crippen LogP contribution in [0.4, 0.5) is 0 Å². The fraction of sp³-hybridized carbons (Fsp3) is 0.556. The van der Waals surface area contributed by atoms with Crippen LogP contribution in [0.15, 0.2) is 24.0 Å². The molecule has 2 fully saturated rings. The summed E-state index contributed by atoms with van der Waals surface area (Å²) < 4.78 is 21.9. The summed E-state index contributed by atoms with van der Waals surface area (Å²) in [5.74, 6) is -2.26. The van der Waals surface area contributed by atoms with Crippen molar-refractivity contribution < 1.29 is 38.1 Å². The van der Waals surface area contributed by atoms with E-state index in [9.17, 15) is 19.2 Å². The maximum absolute atomic E-state index is 11.8. The van der Waals surface area contributed by atoms with Crippen molar-refractivity contribution in [2.75, 3.05) is 6.61 Å². The van der Waals surface area contributed by atoms with E-state index in [1.807, 2.05) is 0 Å². The van der Waals surface area contributed by atoms with Crippen molar-refractivity contribution in [3.05, 3.63) is 24.0 Å². The van der Waals surface area contributed by atoms with Crippen molar-refractivity contribution >= 4 is 23.8 Å². The van der Waals surface area contributed by atoms with E-state index in [1.54, 1.807) is 23.4 Å². The van der Waals surface area contributed by atoms with E-state index in [0.29, 0.717) is 12.0 Å². The molecule has 1 amide bonds. The predicted octanol–water partition coefficient (Wildman–Crippen LogP) is -0.479. The highest BCUT2D eigenvalue weighted by atomic mass is 16.7. The summed E-state index contributed by atoms with van der Waals surface area (Å²) in [7, 11) is 0. The highest BCUT2D eigenvalue weighted by Crippen LogP contribution is 2.57. The molecule has 0 bridgehead atoms. The van der Waals surface area contributed by atoms with Gasteiger partial charge in [0.05, 0.1) is 0 Å². The normalized spacial score (nSPS) is 32.8. The minimum atomic E-state index is -1.29. The van der Waals surface area contributed by atoms with Crippen molar-refractivity contribution in [2.45, 2.75) is 57.1 Å². The van der Waals surface area contributed by atoms with Gasteiger partial charge in [-0.3, -0.25) is 19.2 Å². The molecule has 10 heteroatoms. The quantitative estimate of drug-likeness (QED) is 0.468. The minimum absolute atomic E-state index is 0.155. The third-order valence-corrected chi connectivity index (χ3v) is 4.81. The van der Waals surface area contributed by atoms with E-state index in [2.05, 4.69) is 0 Å². The number of allylic oxidation sites excluding steroid dienone is 1. The molecule has 1 saturated heterocycles. The molecule has 0 aromatic rings. The molecule has 1 aliphatic carbocycles. The average molecular weight is 394 g/mol. The van der Waals surface area contributed by atoms with Gasteiger partial charge in [0.1, 0.15) is 24.9 Å². The lowest BCUT2D eigenvalue weighted by molar-refractivity contribution is -0.175. The van der Waals surface area contributed by atoms with Gasteiger partial charge in [-0.25, -0.2) is 0 Å². The fourth-order valence-corrected chi connectivity index (χ4v) is 3.80.